The summed E-state index contributed by atoms with van der Waals surface area (Å²) in [5, 5.41) is 3.85. The first-order chi connectivity index (χ1) is 15.9. The van der Waals surface area contributed by atoms with Crippen LogP contribution in [0, 0.1) is 0 Å². The van der Waals surface area contributed by atoms with Gasteiger partial charge in [-0.3, -0.25) is 29.2 Å². The van der Waals surface area contributed by atoms with Crippen LogP contribution in [0.15, 0.2) is 53.3 Å². The number of carbonyl (C=O) groups is 2. The van der Waals surface area contributed by atoms with Gasteiger partial charge in [0.25, 0.3) is 5.56 Å². The van der Waals surface area contributed by atoms with Crippen molar-refractivity contribution in [1.82, 2.24) is 19.8 Å². The Morgan fingerprint density at radius 3 is 2.67 bits per heavy atom. The monoisotopic (exact) mass is 443 g/mol. The van der Waals surface area contributed by atoms with E-state index in [9.17, 15) is 14.4 Å². The van der Waals surface area contributed by atoms with Crippen molar-refractivity contribution in [2.24, 2.45) is 0 Å². The standard InChI is InChI=1S/C24H21N5O4/c1-12-19(30)29-16-10-6-4-8-14(16)24(23(29)25-12)11-17-21(32)27(2)22(33-24)18-26-15-9-5-3-7-13(15)20(31)28(17)18/h3-10,12,17,22-23,25H,11H2,1-2H3/t12-,17-,22-,23+,24-/m0/s1. The molecule has 2 saturated heterocycles. The minimum Gasteiger partial charge on any atom is -0.336 e. The number of carbonyl (C=O) groups excluding carboxylic acids is 2. The highest BCUT2D eigenvalue weighted by Crippen LogP contribution is 2.56. The van der Waals surface area contributed by atoms with E-state index in [0.29, 0.717) is 16.7 Å². The van der Waals surface area contributed by atoms with Crippen molar-refractivity contribution in [3.63, 3.8) is 0 Å². The lowest BCUT2D eigenvalue weighted by atomic mass is 9.86. The van der Waals surface area contributed by atoms with Crippen LogP contribution in [0.3, 0.4) is 0 Å². The van der Waals surface area contributed by atoms with Gasteiger partial charge in [0, 0.05) is 19.0 Å². The molecule has 2 bridgehead atoms. The minimum atomic E-state index is -1.01. The van der Waals surface area contributed by atoms with Crippen molar-refractivity contribution in [3.05, 3.63) is 70.3 Å². The Bertz CT molecular complexity index is 1450. The van der Waals surface area contributed by atoms with Crippen molar-refractivity contribution in [2.45, 2.75) is 43.4 Å². The lowest BCUT2D eigenvalue weighted by Crippen LogP contribution is -2.51. The molecule has 1 spiro atoms. The van der Waals surface area contributed by atoms with E-state index < -0.39 is 24.0 Å². The van der Waals surface area contributed by atoms with Crippen molar-refractivity contribution in [3.8, 4) is 0 Å². The zero-order valence-corrected chi connectivity index (χ0v) is 18.1. The number of fused-ring (bicyclic) bond motifs is 5. The molecule has 0 unspecified atom stereocenters. The number of para-hydroxylation sites is 2. The number of nitrogens with one attached hydrogen (secondary N) is 1. The van der Waals surface area contributed by atoms with Gasteiger partial charge in [-0.05, 0) is 25.1 Å². The number of amides is 2. The summed E-state index contributed by atoms with van der Waals surface area (Å²) in [6.45, 7) is 1.83. The molecule has 1 aromatic heterocycles. The van der Waals surface area contributed by atoms with Crippen LogP contribution in [0.2, 0.25) is 0 Å². The first-order valence-electron chi connectivity index (χ1n) is 11.1. The fourth-order valence-electron chi connectivity index (χ4n) is 5.98. The van der Waals surface area contributed by atoms with Crippen molar-refractivity contribution < 1.29 is 14.3 Å². The van der Waals surface area contributed by atoms with Crippen LogP contribution < -0.4 is 15.8 Å². The number of aromatic nitrogens is 2. The molecular weight excluding hydrogens is 422 g/mol. The van der Waals surface area contributed by atoms with Crippen molar-refractivity contribution >= 4 is 28.4 Å². The maximum atomic E-state index is 13.6. The Morgan fingerprint density at radius 2 is 1.82 bits per heavy atom. The van der Waals surface area contributed by atoms with Crippen LogP contribution in [-0.4, -0.2) is 45.5 Å². The third kappa shape index (κ3) is 2.14. The molecule has 33 heavy (non-hydrogen) atoms. The lowest BCUT2D eigenvalue weighted by Gasteiger charge is -2.37. The van der Waals surface area contributed by atoms with Gasteiger partial charge < -0.3 is 9.64 Å². The van der Waals surface area contributed by atoms with Crippen LogP contribution in [0.25, 0.3) is 10.9 Å². The molecule has 1 N–H and O–H groups in total. The van der Waals surface area contributed by atoms with Gasteiger partial charge in [-0.1, -0.05) is 30.3 Å². The zero-order chi connectivity index (χ0) is 22.6. The quantitative estimate of drug-likeness (QED) is 0.564. The number of nitrogens with zero attached hydrogens (tertiary/aromatic N) is 4. The molecule has 2 amide bonds. The Kier molecular flexibility index (Phi) is 3.48. The van der Waals surface area contributed by atoms with E-state index in [1.165, 1.54) is 9.47 Å². The maximum Gasteiger partial charge on any atom is 0.262 e. The fourth-order valence-corrected chi connectivity index (χ4v) is 5.98. The Hall–Kier alpha value is -3.56. The number of benzene rings is 2. The predicted octanol–water partition coefficient (Wildman–Crippen LogP) is 1.39. The third-order valence-electron chi connectivity index (χ3n) is 7.51. The van der Waals surface area contributed by atoms with Crippen LogP contribution in [-0.2, 0) is 19.9 Å². The van der Waals surface area contributed by atoms with E-state index in [1.807, 2.05) is 37.3 Å². The number of rotatable bonds is 0. The molecule has 0 saturated carbocycles. The SMILES string of the molecule is C[C@@H]1N[C@@H]2N(C1=O)c1ccccc1[C@@]21C[C@H]2C(=O)N(C)[C@@H](O1)c1nc3ccccc3c(=O)n12. The highest BCUT2D eigenvalue weighted by atomic mass is 16.5. The average Bonchev–Trinajstić information content (AvgIpc) is 3.14. The van der Waals surface area contributed by atoms with Gasteiger partial charge in [0.1, 0.15) is 17.8 Å². The summed E-state index contributed by atoms with van der Waals surface area (Å²) in [4.78, 5) is 48.2. The molecule has 5 aliphatic heterocycles. The smallest absolute Gasteiger partial charge is 0.262 e. The summed E-state index contributed by atoms with van der Waals surface area (Å²) in [7, 11) is 1.68. The molecule has 5 aliphatic rings. The Morgan fingerprint density at radius 1 is 1.06 bits per heavy atom. The van der Waals surface area contributed by atoms with E-state index in [0.717, 1.165) is 11.3 Å². The first-order valence-corrected chi connectivity index (χ1v) is 11.1. The molecule has 9 nitrogen and oxygen atoms in total. The first kappa shape index (κ1) is 19.0. The summed E-state index contributed by atoms with van der Waals surface area (Å²) in [6, 6.07) is 13.6. The number of anilines is 1. The van der Waals surface area contributed by atoms with E-state index in [4.69, 9.17) is 9.72 Å². The Labute approximate surface area is 188 Å². The molecular formula is C24H21N5O4. The molecule has 0 aliphatic carbocycles. The third-order valence-corrected chi connectivity index (χ3v) is 7.51. The molecule has 3 aromatic rings. The largest absolute Gasteiger partial charge is 0.336 e. The minimum absolute atomic E-state index is 0.0391. The number of hydrogen-bond acceptors (Lipinski definition) is 6. The molecule has 5 atom stereocenters. The second-order valence-corrected chi connectivity index (χ2v) is 9.21. The van der Waals surface area contributed by atoms with Crippen LogP contribution >= 0.6 is 0 Å². The topological polar surface area (TPSA) is 96.8 Å². The van der Waals surface area contributed by atoms with Gasteiger partial charge in [0.15, 0.2) is 12.1 Å². The number of hydrogen-bond donors (Lipinski definition) is 1. The highest BCUT2D eigenvalue weighted by molar-refractivity contribution is 6.02. The molecule has 8 rings (SSSR count). The van der Waals surface area contributed by atoms with E-state index in [2.05, 4.69) is 5.32 Å². The lowest BCUT2D eigenvalue weighted by molar-refractivity contribution is -0.169. The van der Waals surface area contributed by atoms with Crippen LogP contribution in [0.5, 0.6) is 0 Å². The van der Waals surface area contributed by atoms with E-state index in [1.54, 1.807) is 30.1 Å². The van der Waals surface area contributed by atoms with Crippen LogP contribution in [0.4, 0.5) is 5.69 Å². The van der Waals surface area contributed by atoms with Gasteiger partial charge >= 0.3 is 0 Å². The summed E-state index contributed by atoms with van der Waals surface area (Å²) in [5.41, 5.74) is 0.913. The van der Waals surface area contributed by atoms with Gasteiger partial charge in [-0.2, -0.15) is 0 Å². The van der Waals surface area contributed by atoms with Gasteiger partial charge in [0.2, 0.25) is 11.8 Å². The molecule has 166 valence electrons. The van der Waals surface area contributed by atoms with Gasteiger partial charge in [-0.25, -0.2) is 4.98 Å². The number of likely N-dealkylation sites (N-methyl/N-ethyl adjacent to an activating group) is 1. The molecule has 6 heterocycles. The molecule has 2 fully saturated rings. The summed E-state index contributed by atoms with van der Waals surface area (Å²) in [5.74, 6) is 0.176. The van der Waals surface area contributed by atoms with E-state index >= 15 is 0 Å². The Balaban J connectivity index is 1.51. The number of ether oxygens (including phenoxy) is 1. The molecule has 2 aromatic carbocycles. The average molecular weight is 443 g/mol. The second kappa shape index (κ2) is 6.06. The maximum absolute atomic E-state index is 13.6. The molecule has 9 heteroatoms. The second-order valence-electron chi connectivity index (χ2n) is 9.21. The van der Waals surface area contributed by atoms with Crippen molar-refractivity contribution in [2.75, 3.05) is 11.9 Å². The highest BCUT2D eigenvalue weighted by Gasteiger charge is 2.64. The summed E-state index contributed by atoms with van der Waals surface area (Å²) >= 11 is 0. The van der Waals surface area contributed by atoms with Crippen LogP contribution in [0.1, 0.15) is 37.0 Å². The predicted molar refractivity (Wildman–Crippen MR) is 118 cm³/mol. The van der Waals surface area contributed by atoms with Crippen molar-refractivity contribution in [1.29, 1.82) is 0 Å². The van der Waals surface area contributed by atoms with Gasteiger partial charge in [0.05, 0.1) is 22.6 Å². The zero-order valence-electron chi connectivity index (χ0n) is 18.1. The summed E-state index contributed by atoms with van der Waals surface area (Å²) in [6.07, 6.45) is -1.14. The normalized spacial score (nSPS) is 31.8. The summed E-state index contributed by atoms with van der Waals surface area (Å²) < 4.78 is 8.34. The van der Waals surface area contributed by atoms with Gasteiger partial charge in [-0.15, -0.1) is 0 Å². The molecule has 0 radical (unpaired) electrons. The fraction of sp³-hybridized carbons (Fsp3) is 0.333. The van der Waals surface area contributed by atoms with E-state index in [-0.39, 0.29) is 29.8 Å².